The Morgan fingerprint density at radius 2 is 1.41 bits per heavy atom. The molecule has 0 aromatic heterocycles. The zero-order valence-electron chi connectivity index (χ0n) is 21.2. The van der Waals surface area contributed by atoms with Gasteiger partial charge in [0.25, 0.3) is 0 Å². The predicted molar refractivity (Wildman–Crippen MR) is 145 cm³/mol. The molecule has 3 rings (SSSR count). The van der Waals surface area contributed by atoms with Gasteiger partial charge in [0.05, 0.1) is 11.4 Å². The molecule has 2 amide bonds. The summed E-state index contributed by atoms with van der Waals surface area (Å²) < 4.78 is 27.3. The summed E-state index contributed by atoms with van der Waals surface area (Å²) in [6.45, 7) is 3.43. The Bertz CT molecular complexity index is 1280. The Morgan fingerprint density at radius 1 is 0.865 bits per heavy atom. The summed E-state index contributed by atoms with van der Waals surface area (Å²) in [5.41, 5.74) is 1.72. The lowest BCUT2D eigenvalue weighted by molar-refractivity contribution is -0.141. The van der Waals surface area contributed by atoms with Crippen molar-refractivity contribution in [2.75, 3.05) is 13.6 Å². The molecule has 0 aliphatic rings. The fourth-order valence-corrected chi connectivity index (χ4v) is 5.11. The van der Waals surface area contributed by atoms with Crippen molar-refractivity contribution >= 4 is 33.4 Å². The lowest BCUT2D eigenvalue weighted by Gasteiger charge is -2.33. The predicted octanol–water partition coefficient (Wildman–Crippen LogP) is 4.13. The Morgan fingerprint density at radius 3 is 1.95 bits per heavy atom. The van der Waals surface area contributed by atoms with E-state index in [0.29, 0.717) is 5.02 Å². The third-order valence-electron chi connectivity index (χ3n) is 5.78. The van der Waals surface area contributed by atoms with Gasteiger partial charge in [-0.05, 0) is 49.2 Å². The van der Waals surface area contributed by atoms with E-state index in [1.807, 2.05) is 74.5 Å². The molecule has 0 fully saturated rings. The highest BCUT2D eigenvalue weighted by atomic mass is 35.5. The fourth-order valence-electron chi connectivity index (χ4n) is 3.87. The SMILES string of the molecule is CC(C)NC(=O)[C@H](Cc1ccccc1)N(Cc1ccccc1)C(=O)CN(C)S(=O)(=O)c1ccc(Cl)cc1. The second-order valence-electron chi connectivity index (χ2n) is 9.09. The zero-order chi connectivity index (χ0) is 27.0. The molecule has 0 radical (unpaired) electrons. The number of hydrogen-bond donors (Lipinski definition) is 1. The van der Waals surface area contributed by atoms with E-state index in [9.17, 15) is 18.0 Å². The van der Waals surface area contributed by atoms with E-state index in [4.69, 9.17) is 11.6 Å². The van der Waals surface area contributed by atoms with Crippen molar-refractivity contribution in [1.29, 1.82) is 0 Å². The number of benzene rings is 3. The number of amides is 2. The van der Waals surface area contributed by atoms with Gasteiger partial charge in [0.1, 0.15) is 6.04 Å². The topological polar surface area (TPSA) is 86.8 Å². The molecule has 0 spiro atoms. The number of hydrogen-bond acceptors (Lipinski definition) is 4. The van der Waals surface area contributed by atoms with Crippen LogP contribution in [0.3, 0.4) is 0 Å². The summed E-state index contributed by atoms with van der Waals surface area (Å²) in [5, 5.41) is 3.33. The molecule has 0 unspecified atom stereocenters. The first-order chi connectivity index (χ1) is 17.6. The van der Waals surface area contributed by atoms with E-state index < -0.39 is 28.5 Å². The van der Waals surface area contributed by atoms with Gasteiger partial charge in [-0.2, -0.15) is 4.31 Å². The maximum Gasteiger partial charge on any atom is 0.243 e. The van der Waals surface area contributed by atoms with Crippen molar-refractivity contribution < 1.29 is 18.0 Å². The van der Waals surface area contributed by atoms with E-state index in [0.717, 1.165) is 15.4 Å². The molecule has 9 heteroatoms. The second-order valence-corrected chi connectivity index (χ2v) is 11.6. The van der Waals surface area contributed by atoms with E-state index >= 15 is 0 Å². The largest absolute Gasteiger partial charge is 0.352 e. The van der Waals surface area contributed by atoms with Gasteiger partial charge < -0.3 is 10.2 Å². The van der Waals surface area contributed by atoms with Crippen LogP contribution in [0.4, 0.5) is 0 Å². The molecule has 196 valence electrons. The summed E-state index contributed by atoms with van der Waals surface area (Å²) in [5.74, 6) is -0.782. The molecule has 0 aliphatic carbocycles. The van der Waals surface area contributed by atoms with Gasteiger partial charge in [0, 0.05) is 31.1 Å². The Hall–Kier alpha value is -3.20. The highest BCUT2D eigenvalue weighted by molar-refractivity contribution is 7.89. The van der Waals surface area contributed by atoms with Crippen LogP contribution in [0.2, 0.25) is 5.02 Å². The van der Waals surface area contributed by atoms with Crippen LogP contribution in [0.25, 0.3) is 0 Å². The molecule has 0 aliphatic heterocycles. The van der Waals surface area contributed by atoms with E-state index in [1.54, 1.807) is 0 Å². The van der Waals surface area contributed by atoms with Gasteiger partial charge in [-0.25, -0.2) is 8.42 Å². The Kier molecular flexibility index (Phi) is 9.86. The first-order valence-corrected chi connectivity index (χ1v) is 13.8. The highest BCUT2D eigenvalue weighted by Crippen LogP contribution is 2.19. The zero-order valence-corrected chi connectivity index (χ0v) is 22.7. The molecule has 0 heterocycles. The third-order valence-corrected chi connectivity index (χ3v) is 7.85. The maximum absolute atomic E-state index is 13.7. The van der Waals surface area contributed by atoms with Crippen molar-refractivity contribution in [3.63, 3.8) is 0 Å². The van der Waals surface area contributed by atoms with Crippen molar-refractivity contribution in [2.24, 2.45) is 0 Å². The van der Waals surface area contributed by atoms with Crippen LogP contribution < -0.4 is 5.32 Å². The molecule has 1 N–H and O–H groups in total. The average molecular weight is 542 g/mol. The Balaban J connectivity index is 1.95. The van der Waals surface area contributed by atoms with Gasteiger partial charge >= 0.3 is 0 Å². The molecule has 0 bridgehead atoms. The first kappa shape index (κ1) is 28.4. The van der Waals surface area contributed by atoms with Gasteiger partial charge in [-0.3, -0.25) is 9.59 Å². The maximum atomic E-state index is 13.7. The number of halogens is 1. The van der Waals surface area contributed by atoms with Crippen LogP contribution in [0.1, 0.15) is 25.0 Å². The minimum atomic E-state index is -3.95. The van der Waals surface area contributed by atoms with Crippen molar-refractivity contribution in [1.82, 2.24) is 14.5 Å². The molecule has 7 nitrogen and oxygen atoms in total. The lowest BCUT2D eigenvalue weighted by Crippen LogP contribution is -2.53. The molecule has 0 saturated carbocycles. The number of nitrogens with one attached hydrogen (secondary N) is 1. The smallest absolute Gasteiger partial charge is 0.243 e. The van der Waals surface area contributed by atoms with Crippen LogP contribution >= 0.6 is 11.6 Å². The molecule has 1 atom stereocenters. The van der Waals surface area contributed by atoms with Crippen LogP contribution in [0, 0.1) is 0 Å². The van der Waals surface area contributed by atoms with Crippen molar-refractivity contribution in [3.8, 4) is 0 Å². The van der Waals surface area contributed by atoms with Gasteiger partial charge in [-0.1, -0.05) is 72.3 Å². The number of nitrogens with zero attached hydrogens (tertiary/aromatic N) is 2. The average Bonchev–Trinajstić information content (AvgIpc) is 2.87. The molecule has 37 heavy (non-hydrogen) atoms. The summed E-state index contributed by atoms with van der Waals surface area (Å²) in [4.78, 5) is 28.6. The Labute approximate surface area is 224 Å². The third kappa shape index (κ3) is 7.89. The van der Waals surface area contributed by atoms with Gasteiger partial charge in [0.2, 0.25) is 21.8 Å². The van der Waals surface area contributed by atoms with Gasteiger partial charge in [0.15, 0.2) is 0 Å². The normalized spacial score (nSPS) is 12.4. The quantitative estimate of drug-likeness (QED) is 0.395. The standard InChI is InChI=1S/C28H32ClN3O4S/c1-21(2)30-28(34)26(18-22-10-6-4-7-11-22)32(19-23-12-8-5-9-13-23)27(33)20-31(3)37(35,36)25-16-14-24(29)15-17-25/h4-17,21,26H,18-20H2,1-3H3,(H,30,34)/t26-/m0/s1. The van der Waals surface area contributed by atoms with Crippen LogP contribution in [0.5, 0.6) is 0 Å². The van der Waals surface area contributed by atoms with E-state index in [2.05, 4.69) is 5.32 Å². The fraction of sp³-hybridized carbons (Fsp3) is 0.286. The number of likely N-dealkylation sites (N-methyl/N-ethyl adjacent to an activating group) is 1. The van der Waals surface area contributed by atoms with Gasteiger partial charge in [-0.15, -0.1) is 0 Å². The summed E-state index contributed by atoms with van der Waals surface area (Å²) in [7, 11) is -2.60. The summed E-state index contributed by atoms with van der Waals surface area (Å²) in [6, 6.07) is 23.6. The minimum absolute atomic E-state index is 0.0280. The molecule has 0 saturated heterocycles. The highest BCUT2D eigenvalue weighted by Gasteiger charge is 2.33. The van der Waals surface area contributed by atoms with Crippen LogP contribution in [-0.2, 0) is 32.6 Å². The number of rotatable bonds is 11. The first-order valence-electron chi connectivity index (χ1n) is 12.0. The van der Waals surface area contributed by atoms with Crippen molar-refractivity contribution in [2.45, 2.75) is 43.8 Å². The molecular formula is C28H32ClN3O4S. The van der Waals surface area contributed by atoms with E-state index in [-0.39, 0.29) is 29.8 Å². The number of carbonyl (C=O) groups is 2. The van der Waals surface area contributed by atoms with Crippen LogP contribution in [-0.4, -0.2) is 55.1 Å². The molecule has 3 aromatic carbocycles. The summed E-state index contributed by atoms with van der Waals surface area (Å²) >= 11 is 5.90. The van der Waals surface area contributed by atoms with Crippen molar-refractivity contribution in [3.05, 3.63) is 101 Å². The number of sulfonamides is 1. The van der Waals surface area contributed by atoms with E-state index in [1.165, 1.54) is 36.2 Å². The second kappa shape index (κ2) is 12.9. The number of carbonyl (C=O) groups excluding carboxylic acids is 2. The monoisotopic (exact) mass is 541 g/mol. The summed E-state index contributed by atoms with van der Waals surface area (Å²) in [6.07, 6.45) is 0.283. The lowest BCUT2D eigenvalue weighted by atomic mass is 10.0. The van der Waals surface area contributed by atoms with Crippen LogP contribution in [0.15, 0.2) is 89.8 Å². The molecular weight excluding hydrogens is 510 g/mol. The molecule has 3 aromatic rings. The minimum Gasteiger partial charge on any atom is -0.352 e.